The topological polar surface area (TPSA) is 64.6 Å². The second-order valence-corrected chi connectivity index (χ2v) is 8.07. The molecule has 0 bridgehead atoms. The minimum absolute atomic E-state index is 0.445. The highest BCUT2D eigenvalue weighted by atomic mass is 35.5. The van der Waals surface area contributed by atoms with Gasteiger partial charge in [-0.1, -0.05) is 23.7 Å². The van der Waals surface area contributed by atoms with Gasteiger partial charge in [0, 0.05) is 11.4 Å². The Kier molecular flexibility index (Phi) is 5.99. The maximum Gasteiger partial charge on any atom is 0.408 e. The molecule has 1 aromatic carbocycles. The number of esters is 1. The molecule has 1 amide bonds. The number of rotatable bonds is 5. The van der Waals surface area contributed by atoms with Crippen LogP contribution in [-0.2, 0) is 20.7 Å². The standard InChI is InChI=1S/C19H26ClNO4/c1-13(21-17(23)25-18(2,3)4)16(22)24-19(10-5-11-19)12-14-6-8-15(20)9-7-14/h6-9,13H,5,10-12H2,1-4H3,(H,21,23). The molecule has 0 radical (unpaired) electrons. The number of carbonyl (C=O) groups is 2. The molecule has 1 aliphatic carbocycles. The third-order valence-corrected chi connectivity index (χ3v) is 4.36. The number of nitrogens with one attached hydrogen (secondary N) is 1. The summed E-state index contributed by atoms with van der Waals surface area (Å²) < 4.78 is 10.9. The van der Waals surface area contributed by atoms with E-state index >= 15 is 0 Å². The molecule has 6 heteroatoms. The van der Waals surface area contributed by atoms with Crippen LogP contribution in [0.2, 0.25) is 5.02 Å². The Morgan fingerprint density at radius 3 is 2.32 bits per heavy atom. The summed E-state index contributed by atoms with van der Waals surface area (Å²) >= 11 is 5.91. The number of carbonyl (C=O) groups excluding carboxylic acids is 2. The molecule has 5 nitrogen and oxygen atoms in total. The van der Waals surface area contributed by atoms with Gasteiger partial charge in [0.1, 0.15) is 17.2 Å². The van der Waals surface area contributed by atoms with Crippen molar-refractivity contribution in [3.63, 3.8) is 0 Å². The minimum Gasteiger partial charge on any atom is -0.457 e. The molecule has 25 heavy (non-hydrogen) atoms. The molecule has 138 valence electrons. The van der Waals surface area contributed by atoms with E-state index < -0.39 is 29.3 Å². The van der Waals surface area contributed by atoms with Gasteiger partial charge < -0.3 is 14.8 Å². The van der Waals surface area contributed by atoms with E-state index in [9.17, 15) is 9.59 Å². The normalized spacial score (nSPS) is 17.2. The van der Waals surface area contributed by atoms with Crippen LogP contribution in [0.3, 0.4) is 0 Å². The predicted molar refractivity (Wildman–Crippen MR) is 96.7 cm³/mol. The molecule has 0 saturated heterocycles. The molecule has 1 atom stereocenters. The minimum atomic E-state index is -0.766. The summed E-state index contributed by atoms with van der Waals surface area (Å²) in [6.45, 7) is 6.90. The zero-order valence-corrected chi connectivity index (χ0v) is 16.0. The Morgan fingerprint density at radius 2 is 1.84 bits per heavy atom. The smallest absolute Gasteiger partial charge is 0.408 e. The van der Waals surface area contributed by atoms with Crippen molar-refractivity contribution in [1.82, 2.24) is 5.32 Å². The first-order valence-electron chi connectivity index (χ1n) is 8.55. The molecule has 1 fully saturated rings. The molecule has 1 saturated carbocycles. The SMILES string of the molecule is CC(NC(=O)OC(C)(C)C)C(=O)OC1(Cc2ccc(Cl)cc2)CCC1. The Hall–Kier alpha value is -1.75. The van der Waals surface area contributed by atoms with E-state index in [0.29, 0.717) is 11.4 Å². The van der Waals surface area contributed by atoms with E-state index in [-0.39, 0.29) is 0 Å². The van der Waals surface area contributed by atoms with Crippen LogP contribution in [0.4, 0.5) is 4.79 Å². The molecule has 1 aliphatic rings. The Bertz CT molecular complexity index is 617. The highest BCUT2D eigenvalue weighted by Gasteiger charge is 2.42. The number of ether oxygens (including phenoxy) is 2. The number of hydrogen-bond donors (Lipinski definition) is 1. The molecule has 1 unspecified atom stereocenters. The fraction of sp³-hybridized carbons (Fsp3) is 0.579. The fourth-order valence-electron chi connectivity index (χ4n) is 2.71. The third-order valence-electron chi connectivity index (χ3n) is 4.11. The van der Waals surface area contributed by atoms with Crippen molar-refractivity contribution in [2.24, 2.45) is 0 Å². The van der Waals surface area contributed by atoms with Crippen LogP contribution >= 0.6 is 11.6 Å². The van der Waals surface area contributed by atoms with Crippen LogP contribution in [0.15, 0.2) is 24.3 Å². The molecular weight excluding hydrogens is 342 g/mol. The number of benzene rings is 1. The van der Waals surface area contributed by atoms with E-state index in [0.717, 1.165) is 24.8 Å². The summed E-state index contributed by atoms with van der Waals surface area (Å²) in [5.74, 6) is -0.445. The van der Waals surface area contributed by atoms with Crippen molar-refractivity contribution in [2.75, 3.05) is 0 Å². The second-order valence-electron chi connectivity index (χ2n) is 7.63. The van der Waals surface area contributed by atoms with Gasteiger partial charge in [-0.25, -0.2) is 9.59 Å². The van der Waals surface area contributed by atoms with Gasteiger partial charge in [-0.15, -0.1) is 0 Å². The summed E-state index contributed by atoms with van der Waals surface area (Å²) in [5.41, 5.74) is -0.0311. The van der Waals surface area contributed by atoms with Gasteiger partial charge in [0.15, 0.2) is 0 Å². The number of halogens is 1. The van der Waals surface area contributed by atoms with Crippen molar-refractivity contribution < 1.29 is 19.1 Å². The monoisotopic (exact) mass is 367 g/mol. The predicted octanol–water partition coefficient (Wildman–Crippen LogP) is 4.26. The molecule has 2 rings (SSSR count). The quantitative estimate of drug-likeness (QED) is 0.789. The molecular formula is C19H26ClNO4. The molecule has 0 spiro atoms. The first-order valence-corrected chi connectivity index (χ1v) is 8.93. The van der Waals surface area contributed by atoms with Crippen LogP contribution in [0.5, 0.6) is 0 Å². The zero-order chi connectivity index (χ0) is 18.7. The fourth-order valence-corrected chi connectivity index (χ4v) is 2.83. The lowest BCUT2D eigenvalue weighted by atomic mass is 9.75. The summed E-state index contributed by atoms with van der Waals surface area (Å²) in [4.78, 5) is 24.2. The van der Waals surface area contributed by atoms with Crippen LogP contribution in [-0.4, -0.2) is 29.3 Å². The van der Waals surface area contributed by atoms with Crippen molar-refractivity contribution in [3.05, 3.63) is 34.9 Å². The second kappa shape index (κ2) is 7.65. The summed E-state index contributed by atoms with van der Waals surface area (Å²) in [7, 11) is 0. The lowest BCUT2D eigenvalue weighted by molar-refractivity contribution is -0.171. The lowest BCUT2D eigenvalue weighted by Crippen LogP contribution is -2.49. The van der Waals surface area contributed by atoms with Crippen LogP contribution in [0.1, 0.15) is 52.5 Å². The van der Waals surface area contributed by atoms with E-state index in [1.165, 1.54) is 0 Å². The van der Waals surface area contributed by atoms with Gasteiger partial charge in [-0.3, -0.25) is 0 Å². The molecule has 1 N–H and O–H groups in total. The third kappa shape index (κ3) is 5.92. The number of alkyl carbamates (subject to hydrolysis) is 1. The van der Waals surface area contributed by atoms with E-state index in [1.54, 1.807) is 27.7 Å². The van der Waals surface area contributed by atoms with Gasteiger partial charge in [0.25, 0.3) is 0 Å². The van der Waals surface area contributed by atoms with Crippen molar-refractivity contribution in [3.8, 4) is 0 Å². The van der Waals surface area contributed by atoms with Crippen molar-refractivity contribution >= 4 is 23.7 Å². The zero-order valence-electron chi connectivity index (χ0n) is 15.2. The maximum atomic E-state index is 12.4. The summed E-state index contributed by atoms with van der Waals surface area (Å²) in [5, 5.41) is 3.20. The van der Waals surface area contributed by atoms with Crippen LogP contribution in [0.25, 0.3) is 0 Å². The van der Waals surface area contributed by atoms with Crippen LogP contribution in [0, 0.1) is 0 Å². The average Bonchev–Trinajstić information content (AvgIpc) is 2.44. The Labute approximate surface area is 154 Å². The first-order chi connectivity index (χ1) is 11.6. The van der Waals surface area contributed by atoms with E-state index in [4.69, 9.17) is 21.1 Å². The van der Waals surface area contributed by atoms with Crippen LogP contribution < -0.4 is 5.32 Å². The van der Waals surface area contributed by atoms with E-state index in [1.807, 2.05) is 24.3 Å². The Balaban J connectivity index is 1.92. The lowest BCUT2D eigenvalue weighted by Gasteiger charge is -2.41. The largest absolute Gasteiger partial charge is 0.457 e. The highest BCUT2D eigenvalue weighted by molar-refractivity contribution is 6.30. The molecule has 0 aromatic heterocycles. The average molecular weight is 368 g/mol. The highest BCUT2D eigenvalue weighted by Crippen LogP contribution is 2.39. The van der Waals surface area contributed by atoms with Crippen molar-refractivity contribution in [2.45, 2.75) is 70.6 Å². The van der Waals surface area contributed by atoms with E-state index in [2.05, 4.69) is 5.32 Å². The first kappa shape index (κ1) is 19.6. The van der Waals surface area contributed by atoms with Gasteiger partial charge >= 0.3 is 12.1 Å². The summed E-state index contributed by atoms with van der Waals surface area (Å²) in [6.07, 6.45) is 2.68. The molecule has 0 aliphatic heterocycles. The number of hydrogen-bond acceptors (Lipinski definition) is 4. The van der Waals surface area contributed by atoms with Gasteiger partial charge in [0.2, 0.25) is 0 Å². The molecule has 1 aromatic rings. The summed E-state index contributed by atoms with van der Waals surface area (Å²) in [6, 6.07) is 6.78. The van der Waals surface area contributed by atoms with Gasteiger partial charge in [-0.2, -0.15) is 0 Å². The van der Waals surface area contributed by atoms with Gasteiger partial charge in [0.05, 0.1) is 0 Å². The Morgan fingerprint density at radius 1 is 1.24 bits per heavy atom. The maximum absolute atomic E-state index is 12.4. The number of amides is 1. The molecule has 0 heterocycles. The van der Waals surface area contributed by atoms with Crippen molar-refractivity contribution in [1.29, 1.82) is 0 Å². The van der Waals surface area contributed by atoms with Gasteiger partial charge in [-0.05, 0) is 64.7 Å².